The summed E-state index contributed by atoms with van der Waals surface area (Å²) in [5.74, 6) is 0.955. The maximum atomic E-state index is 12.8. The van der Waals surface area contributed by atoms with Crippen molar-refractivity contribution in [2.45, 2.75) is 40.0 Å². The van der Waals surface area contributed by atoms with Gasteiger partial charge in [-0.05, 0) is 69.0 Å². The van der Waals surface area contributed by atoms with Crippen molar-refractivity contribution >= 4 is 29.9 Å². The Bertz CT molecular complexity index is 617. The molecule has 5 nitrogen and oxygen atoms in total. The zero-order valence-electron chi connectivity index (χ0n) is 16.3. The summed E-state index contributed by atoms with van der Waals surface area (Å²) in [6, 6.07) is 5.55. The van der Waals surface area contributed by atoms with Crippen LogP contribution in [0.25, 0.3) is 0 Å². The number of nitrogens with zero attached hydrogens (tertiary/aromatic N) is 1. The molecule has 1 aliphatic heterocycles. The van der Waals surface area contributed by atoms with E-state index in [1.807, 2.05) is 50.9 Å². The van der Waals surface area contributed by atoms with Crippen LogP contribution in [0.2, 0.25) is 0 Å². The van der Waals surface area contributed by atoms with E-state index in [-0.39, 0.29) is 24.2 Å². The average molecular weight is 382 g/mol. The van der Waals surface area contributed by atoms with E-state index in [4.69, 9.17) is 0 Å². The molecule has 1 aliphatic rings. The molecule has 0 spiro atoms. The Balaban J connectivity index is 0.00000338. The molecule has 146 valence electrons. The van der Waals surface area contributed by atoms with Crippen LogP contribution < -0.4 is 10.6 Å². The Hall–Kier alpha value is -1.59. The monoisotopic (exact) mass is 381 g/mol. The van der Waals surface area contributed by atoms with Crippen molar-refractivity contribution in [1.82, 2.24) is 10.2 Å². The number of anilines is 1. The molecule has 26 heavy (non-hydrogen) atoms. The van der Waals surface area contributed by atoms with Gasteiger partial charge in [-0.1, -0.05) is 13.8 Å². The lowest BCUT2D eigenvalue weighted by Gasteiger charge is -2.33. The smallest absolute Gasteiger partial charge is 0.253 e. The summed E-state index contributed by atoms with van der Waals surface area (Å²) < 4.78 is 0. The molecule has 2 amide bonds. The predicted octanol–water partition coefficient (Wildman–Crippen LogP) is 3.47. The fourth-order valence-corrected chi connectivity index (χ4v) is 3.40. The van der Waals surface area contributed by atoms with Crippen LogP contribution in [0.15, 0.2) is 18.2 Å². The number of hydrogen-bond donors (Lipinski definition) is 2. The molecular formula is C20H32ClN3O2. The van der Waals surface area contributed by atoms with Crippen molar-refractivity contribution in [3.05, 3.63) is 29.3 Å². The van der Waals surface area contributed by atoms with Crippen molar-refractivity contribution in [1.29, 1.82) is 0 Å². The van der Waals surface area contributed by atoms with E-state index in [2.05, 4.69) is 10.6 Å². The number of carbonyl (C=O) groups excluding carboxylic acids is 2. The topological polar surface area (TPSA) is 61.4 Å². The number of benzene rings is 1. The third-order valence-corrected chi connectivity index (χ3v) is 4.64. The number of piperidine rings is 1. The zero-order valence-corrected chi connectivity index (χ0v) is 17.1. The SMILES string of the molecule is CNCC1CCCN(C(=O)c2ccc(NC(=O)CC(C)C)c(C)c2)C1.Cl. The van der Waals surface area contributed by atoms with Crippen LogP contribution in [0.5, 0.6) is 0 Å². The minimum absolute atomic E-state index is 0. The minimum atomic E-state index is 0. The zero-order chi connectivity index (χ0) is 18.4. The molecule has 0 aliphatic carbocycles. The number of carbonyl (C=O) groups is 2. The molecular weight excluding hydrogens is 350 g/mol. The van der Waals surface area contributed by atoms with Crippen molar-refractivity contribution in [3.63, 3.8) is 0 Å². The van der Waals surface area contributed by atoms with Crippen LogP contribution in [0.3, 0.4) is 0 Å². The third-order valence-electron chi connectivity index (χ3n) is 4.64. The van der Waals surface area contributed by atoms with Crippen molar-refractivity contribution in [3.8, 4) is 0 Å². The van der Waals surface area contributed by atoms with E-state index in [0.717, 1.165) is 37.3 Å². The highest BCUT2D eigenvalue weighted by Gasteiger charge is 2.24. The Morgan fingerprint density at radius 2 is 2.04 bits per heavy atom. The van der Waals surface area contributed by atoms with Crippen LogP contribution in [-0.4, -0.2) is 43.4 Å². The second kappa shape index (κ2) is 10.5. The number of rotatable bonds is 6. The summed E-state index contributed by atoms with van der Waals surface area (Å²) in [7, 11) is 1.95. The highest BCUT2D eigenvalue weighted by molar-refractivity contribution is 5.96. The molecule has 1 heterocycles. The van der Waals surface area contributed by atoms with E-state index in [0.29, 0.717) is 23.8 Å². The first-order chi connectivity index (χ1) is 11.9. The second-order valence-corrected chi connectivity index (χ2v) is 7.49. The van der Waals surface area contributed by atoms with Gasteiger partial charge in [-0.15, -0.1) is 12.4 Å². The highest BCUT2D eigenvalue weighted by atomic mass is 35.5. The Labute approximate surface area is 163 Å². The van der Waals surface area contributed by atoms with Crippen LogP contribution >= 0.6 is 12.4 Å². The number of likely N-dealkylation sites (tertiary alicyclic amines) is 1. The van der Waals surface area contributed by atoms with Gasteiger partial charge in [0.25, 0.3) is 5.91 Å². The fraction of sp³-hybridized carbons (Fsp3) is 0.600. The molecule has 1 aromatic carbocycles. The molecule has 2 rings (SSSR count). The number of halogens is 1. The first-order valence-corrected chi connectivity index (χ1v) is 9.25. The van der Waals surface area contributed by atoms with E-state index in [9.17, 15) is 9.59 Å². The minimum Gasteiger partial charge on any atom is -0.338 e. The largest absolute Gasteiger partial charge is 0.338 e. The summed E-state index contributed by atoms with van der Waals surface area (Å²) in [6.07, 6.45) is 2.73. The molecule has 0 radical (unpaired) electrons. The highest BCUT2D eigenvalue weighted by Crippen LogP contribution is 2.21. The van der Waals surface area contributed by atoms with Crippen molar-refractivity contribution in [2.24, 2.45) is 11.8 Å². The molecule has 6 heteroatoms. The summed E-state index contributed by atoms with van der Waals surface area (Å²) in [6.45, 7) is 8.56. The van der Waals surface area contributed by atoms with Gasteiger partial charge in [0.1, 0.15) is 0 Å². The second-order valence-electron chi connectivity index (χ2n) is 7.49. The standard InChI is InChI=1S/C20H31N3O2.ClH/c1-14(2)10-19(24)22-18-8-7-17(11-15(18)3)20(25)23-9-5-6-16(13-23)12-21-4;/h7-8,11,14,16,21H,5-6,9-10,12-13H2,1-4H3,(H,22,24);1H. The van der Waals surface area contributed by atoms with Gasteiger partial charge in [-0.25, -0.2) is 0 Å². The summed E-state index contributed by atoms with van der Waals surface area (Å²) in [5, 5.41) is 6.15. The molecule has 0 saturated carbocycles. The molecule has 1 atom stereocenters. The Morgan fingerprint density at radius 3 is 2.65 bits per heavy atom. The lowest BCUT2D eigenvalue weighted by atomic mass is 9.97. The molecule has 1 fully saturated rings. The van der Waals surface area contributed by atoms with Crippen LogP contribution in [-0.2, 0) is 4.79 Å². The van der Waals surface area contributed by atoms with E-state index >= 15 is 0 Å². The fourth-order valence-electron chi connectivity index (χ4n) is 3.40. The maximum Gasteiger partial charge on any atom is 0.253 e. The van der Waals surface area contributed by atoms with Gasteiger partial charge in [0.2, 0.25) is 5.91 Å². The van der Waals surface area contributed by atoms with E-state index < -0.39 is 0 Å². The van der Waals surface area contributed by atoms with Gasteiger partial charge in [0.15, 0.2) is 0 Å². The van der Waals surface area contributed by atoms with E-state index in [1.54, 1.807) is 0 Å². The lowest BCUT2D eigenvalue weighted by Crippen LogP contribution is -2.42. The number of hydrogen-bond acceptors (Lipinski definition) is 3. The average Bonchev–Trinajstić information content (AvgIpc) is 2.56. The summed E-state index contributed by atoms with van der Waals surface area (Å²) in [5.41, 5.74) is 2.41. The molecule has 1 saturated heterocycles. The van der Waals surface area contributed by atoms with Gasteiger partial charge in [0.05, 0.1) is 0 Å². The van der Waals surface area contributed by atoms with Gasteiger partial charge >= 0.3 is 0 Å². The van der Waals surface area contributed by atoms with Crippen LogP contribution in [0.4, 0.5) is 5.69 Å². The van der Waals surface area contributed by atoms with Crippen molar-refractivity contribution < 1.29 is 9.59 Å². The normalized spacial score (nSPS) is 17.0. The number of nitrogens with one attached hydrogen (secondary N) is 2. The molecule has 0 bridgehead atoms. The lowest BCUT2D eigenvalue weighted by molar-refractivity contribution is -0.116. The molecule has 1 unspecified atom stereocenters. The third kappa shape index (κ3) is 6.29. The quantitative estimate of drug-likeness (QED) is 0.793. The molecule has 2 N–H and O–H groups in total. The van der Waals surface area contributed by atoms with Gasteiger partial charge in [-0.3, -0.25) is 9.59 Å². The number of aryl methyl sites for hydroxylation is 1. The Kier molecular flexibility index (Phi) is 9.09. The van der Waals surface area contributed by atoms with Gasteiger partial charge in [0, 0.05) is 30.8 Å². The molecule has 0 aromatic heterocycles. The summed E-state index contributed by atoms with van der Waals surface area (Å²) in [4.78, 5) is 26.7. The van der Waals surface area contributed by atoms with Crippen molar-refractivity contribution in [2.75, 3.05) is 32.0 Å². The molecule has 1 aromatic rings. The first-order valence-electron chi connectivity index (χ1n) is 9.25. The Morgan fingerprint density at radius 1 is 1.31 bits per heavy atom. The van der Waals surface area contributed by atoms with Crippen LogP contribution in [0.1, 0.15) is 49.0 Å². The maximum absolute atomic E-state index is 12.8. The predicted molar refractivity (Wildman–Crippen MR) is 109 cm³/mol. The van der Waals surface area contributed by atoms with Gasteiger partial charge in [-0.2, -0.15) is 0 Å². The van der Waals surface area contributed by atoms with Gasteiger partial charge < -0.3 is 15.5 Å². The van der Waals surface area contributed by atoms with E-state index in [1.165, 1.54) is 6.42 Å². The van der Waals surface area contributed by atoms with Crippen LogP contribution in [0, 0.1) is 18.8 Å². The summed E-state index contributed by atoms with van der Waals surface area (Å²) >= 11 is 0. The first kappa shape index (κ1) is 22.5. The number of amides is 2.